The van der Waals surface area contributed by atoms with Gasteiger partial charge in [-0.1, -0.05) is 0 Å². The summed E-state index contributed by atoms with van der Waals surface area (Å²) in [6.07, 6.45) is -0.552. The van der Waals surface area contributed by atoms with Crippen molar-refractivity contribution in [1.82, 2.24) is 5.48 Å². The van der Waals surface area contributed by atoms with Crippen molar-refractivity contribution in [3.63, 3.8) is 0 Å². The van der Waals surface area contributed by atoms with Gasteiger partial charge in [0, 0.05) is 18.8 Å². The number of alkyl halides is 2. The van der Waals surface area contributed by atoms with E-state index in [-0.39, 0.29) is 12.8 Å². The van der Waals surface area contributed by atoms with E-state index < -0.39 is 24.2 Å². The Bertz CT molecular complexity index is 172. The minimum Gasteiger partial charge on any atom is -0.289 e. The predicted octanol–water partition coefficient (Wildman–Crippen LogP) is 0.927. The summed E-state index contributed by atoms with van der Waals surface area (Å²) in [7, 11) is 0. The van der Waals surface area contributed by atoms with Gasteiger partial charge >= 0.3 is 0 Å². The number of rotatable bonds is 1. The maximum atomic E-state index is 12.4. The summed E-state index contributed by atoms with van der Waals surface area (Å²) in [6.45, 7) is 0. The third-order valence-electron chi connectivity index (χ3n) is 1.88. The van der Waals surface area contributed by atoms with Crippen LogP contribution in [0, 0.1) is 5.92 Å². The standard InChI is InChI=1S/C6H9F2NO2/c7-6(8)2-1-4(3-6)5(10)9-11/h4,11H,1-3H2,(H,9,10). The quantitative estimate of drug-likeness (QED) is 0.448. The van der Waals surface area contributed by atoms with Gasteiger partial charge in [-0.25, -0.2) is 14.3 Å². The highest BCUT2D eigenvalue weighted by atomic mass is 19.3. The van der Waals surface area contributed by atoms with Gasteiger partial charge in [-0.2, -0.15) is 0 Å². The van der Waals surface area contributed by atoms with E-state index in [9.17, 15) is 13.6 Å². The fraction of sp³-hybridized carbons (Fsp3) is 0.833. The number of carbonyl (C=O) groups excluding carboxylic acids is 1. The molecular weight excluding hydrogens is 156 g/mol. The van der Waals surface area contributed by atoms with E-state index in [1.54, 1.807) is 0 Å². The number of halogens is 2. The molecule has 1 atom stereocenters. The largest absolute Gasteiger partial charge is 0.289 e. The Morgan fingerprint density at radius 3 is 2.64 bits per heavy atom. The van der Waals surface area contributed by atoms with Crippen LogP contribution in [0.2, 0.25) is 0 Å². The van der Waals surface area contributed by atoms with E-state index >= 15 is 0 Å². The number of hydroxylamine groups is 1. The summed E-state index contributed by atoms with van der Waals surface area (Å²) in [4.78, 5) is 10.6. The first-order valence-electron chi connectivity index (χ1n) is 3.37. The molecule has 64 valence electrons. The number of carbonyl (C=O) groups is 1. The third kappa shape index (κ3) is 1.86. The first-order chi connectivity index (χ1) is 5.05. The Kier molecular flexibility index (Phi) is 2.08. The maximum absolute atomic E-state index is 12.4. The second-order valence-electron chi connectivity index (χ2n) is 2.77. The second-order valence-corrected chi connectivity index (χ2v) is 2.77. The zero-order chi connectivity index (χ0) is 8.48. The molecule has 1 aliphatic carbocycles. The molecular formula is C6H9F2NO2. The van der Waals surface area contributed by atoms with Crippen LogP contribution in [0.1, 0.15) is 19.3 Å². The van der Waals surface area contributed by atoms with Gasteiger partial charge in [0.05, 0.1) is 0 Å². The van der Waals surface area contributed by atoms with Gasteiger partial charge in [0.1, 0.15) is 0 Å². The van der Waals surface area contributed by atoms with Gasteiger partial charge < -0.3 is 0 Å². The third-order valence-corrected chi connectivity index (χ3v) is 1.88. The van der Waals surface area contributed by atoms with E-state index in [1.807, 2.05) is 0 Å². The van der Waals surface area contributed by atoms with Crippen LogP contribution in [0.5, 0.6) is 0 Å². The summed E-state index contributed by atoms with van der Waals surface area (Å²) < 4.78 is 24.9. The van der Waals surface area contributed by atoms with Crippen molar-refractivity contribution in [2.75, 3.05) is 0 Å². The van der Waals surface area contributed by atoms with Gasteiger partial charge in [-0.3, -0.25) is 10.0 Å². The monoisotopic (exact) mass is 165 g/mol. The molecule has 1 saturated carbocycles. The molecule has 0 aromatic heterocycles. The van der Waals surface area contributed by atoms with Crippen LogP contribution < -0.4 is 5.48 Å². The van der Waals surface area contributed by atoms with Crippen molar-refractivity contribution in [3.05, 3.63) is 0 Å². The van der Waals surface area contributed by atoms with Crippen molar-refractivity contribution in [2.45, 2.75) is 25.2 Å². The van der Waals surface area contributed by atoms with Crippen molar-refractivity contribution >= 4 is 5.91 Å². The molecule has 0 heterocycles. The van der Waals surface area contributed by atoms with Crippen LogP contribution in [0.3, 0.4) is 0 Å². The second kappa shape index (κ2) is 2.73. The summed E-state index contributed by atoms with van der Waals surface area (Å²) in [5.41, 5.74) is 1.37. The fourth-order valence-electron chi connectivity index (χ4n) is 1.27. The lowest BCUT2D eigenvalue weighted by Gasteiger charge is -2.07. The Labute approximate surface area is 62.3 Å². The van der Waals surface area contributed by atoms with Gasteiger partial charge in [-0.15, -0.1) is 0 Å². The van der Waals surface area contributed by atoms with Gasteiger partial charge in [0.25, 0.3) is 0 Å². The predicted molar refractivity (Wildman–Crippen MR) is 32.2 cm³/mol. The van der Waals surface area contributed by atoms with Crippen LogP contribution >= 0.6 is 0 Å². The first-order valence-corrected chi connectivity index (χ1v) is 3.37. The molecule has 0 aromatic rings. The Hall–Kier alpha value is -0.710. The molecule has 1 unspecified atom stereocenters. The average Bonchev–Trinajstić information content (AvgIpc) is 2.29. The first kappa shape index (κ1) is 8.39. The van der Waals surface area contributed by atoms with Crippen LogP contribution in [-0.2, 0) is 4.79 Å². The highest BCUT2D eigenvalue weighted by Gasteiger charge is 2.42. The lowest BCUT2D eigenvalue weighted by Crippen LogP contribution is -2.27. The molecule has 2 N–H and O–H groups in total. The van der Waals surface area contributed by atoms with E-state index in [0.29, 0.717) is 0 Å². The van der Waals surface area contributed by atoms with Crippen molar-refractivity contribution < 1.29 is 18.8 Å². The summed E-state index contributed by atoms with van der Waals surface area (Å²) in [6, 6.07) is 0. The minimum absolute atomic E-state index is 0.152. The lowest BCUT2D eigenvalue weighted by atomic mass is 10.1. The summed E-state index contributed by atoms with van der Waals surface area (Å²) in [5, 5.41) is 8.12. The van der Waals surface area contributed by atoms with E-state index in [2.05, 4.69) is 0 Å². The topological polar surface area (TPSA) is 49.3 Å². The minimum atomic E-state index is -2.73. The number of nitrogens with one attached hydrogen (secondary N) is 1. The fourth-order valence-corrected chi connectivity index (χ4v) is 1.27. The normalized spacial score (nSPS) is 28.5. The molecule has 0 saturated heterocycles. The van der Waals surface area contributed by atoms with Crippen LogP contribution in [-0.4, -0.2) is 17.0 Å². The van der Waals surface area contributed by atoms with E-state index in [1.165, 1.54) is 5.48 Å². The Morgan fingerprint density at radius 2 is 2.27 bits per heavy atom. The van der Waals surface area contributed by atoms with Gasteiger partial charge in [0.2, 0.25) is 11.8 Å². The molecule has 11 heavy (non-hydrogen) atoms. The Morgan fingerprint density at radius 1 is 1.64 bits per heavy atom. The zero-order valence-corrected chi connectivity index (χ0v) is 5.81. The number of hydrogen-bond acceptors (Lipinski definition) is 2. The highest BCUT2D eigenvalue weighted by molar-refractivity contribution is 5.77. The molecule has 0 spiro atoms. The number of hydrogen-bond donors (Lipinski definition) is 2. The molecule has 5 heteroatoms. The lowest BCUT2D eigenvalue weighted by molar-refractivity contribution is -0.134. The van der Waals surface area contributed by atoms with Gasteiger partial charge in [0.15, 0.2) is 0 Å². The smallest absolute Gasteiger partial charge is 0.248 e. The van der Waals surface area contributed by atoms with Crippen molar-refractivity contribution in [3.8, 4) is 0 Å². The molecule has 0 aliphatic heterocycles. The summed E-state index contributed by atoms with van der Waals surface area (Å²) >= 11 is 0. The molecule has 3 nitrogen and oxygen atoms in total. The molecule has 1 fully saturated rings. The zero-order valence-electron chi connectivity index (χ0n) is 5.81. The summed E-state index contributed by atoms with van der Waals surface area (Å²) in [5.74, 6) is -4.16. The van der Waals surface area contributed by atoms with E-state index in [4.69, 9.17) is 5.21 Å². The molecule has 1 rings (SSSR count). The van der Waals surface area contributed by atoms with E-state index in [0.717, 1.165) is 0 Å². The average molecular weight is 165 g/mol. The molecule has 0 aromatic carbocycles. The Balaban J connectivity index is 2.48. The van der Waals surface area contributed by atoms with Crippen molar-refractivity contribution in [1.29, 1.82) is 0 Å². The molecule has 1 amide bonds. The van der Waals surface area contributed by atoms with Crippen LogP contribution in [0.15, 0.2) is 0 Å². The highest BCUT2D eigenvalue weighted by Crippen LogP contribution is 2.38. The molecule has 1 aliphatic rings. The number of amides is 1. The van der Waals surface area contributed by atoms with Crippen molar-refractivity contribution in [2.24, 2.45) is 5.92 Å². The van der Waals surface area contributed by atoms with Gasteiger partial charge in [-0.05, 0) is 6.42 Å². The molecule has 0 bridgehead atoms. The SMILES string of the molecule is O=C(NO)C1CCC(F)(F)C1. The molecule has 0 radical (unpaired) electrons. The maximum Gasteiger partial charge on any atom is 0.248 e. The van der Waals surface area contributed by atoms with Crippen LogP contribution in [0.4, 0.5) is 8.78 Å². The van der Waals surface area contributed by atoms with Crippen LogP contribution in [0.25, 0.3) is 0 Å².